The Kier molecular flexibility index (Phi) is 7.35. The Labute approximate surface area is 168 Å². The molecule has 9 nitrogen and oxygen atoms in total. The first-order valence-corrected chi connectivity index (χ1v) is 9.14. The van der Waals surface area contributed by atoms with E-state index in [4.69, 9.17) is 14.0 Å². The molecule has 0 aliphatic carbocycles. The van der Waals surface area contributed by atoms with E-state index in [9.17, 15) is 14.4 Å². The van der Waals surface area contributed by atoms with Gasteiger partial charge in [0, 0.05) is 6.04 Å². The fourth-order valence-electron chi connectivity index (χ4n) is 2.37. The molecule has 0 radical (unpaired) electrons. The Balaban J connectivity index is 1.94. The van der Waals surface area contributed by atoms with Crippen molar-refractivity contribution >= 4 is 17.9 Å². The van der Waals surface area contributed by atoms with Gasteiger partial charge in [-0.25, -0.2) is 9.59 Å². The summed E-state index contributed by atoms with van der Waals surface area (Å²) >= 11 is 0. The van der Waals surface area contributed by atoms with E-state index in [1.54, 1.807) is 39.0 Å². The van der Waals surface area contributed by atoms with Crippen LogP contribution in [-0.2, 0) is 16.1 Å². The van der Waals surface area contributed by atoms with Gasteiger partial charge in [0.1, 0.15) is 18.1 Å². The number of benzene rings is 1. The first kappa shape index (κ1) is 21.9. The normalized spacial score (nSPS) is 11.7. The van der Waals surface area contributed by atoms with E-state index in [-0.39, 0.29) is 18.2 Å². The second-order valence-corrected chi connectivity index (χ2v) is 6.78. The summed E-state index contributed by atoms with van der Waals surface area (Å²) in [5, 5.41) is 8.50. The van der Waals surface area contributed by atoms with Gasteiger partial charge in [0.2, 0.25) is 0 Å². The first-order chi connectivity index (χ1) is 13.7. The second-order valence-electron chi connectivity index (χ2n) is 6.78. The number of carbonyl (C=O) groups excluding carboxylic acids is 3. The number of ether oxygens (including phenoxy) is 2. The highest BCUT2D eigenvalue weighted by Gasteiger charge is 2.21. The summed E-state index contributed by atoms with van der Waals surface area (Å²) in [6.45, 7) is 8.75. The van der Waals surface area contributed by atoms with E-state index < -0.39 is 24.0 Å². The van der Waals surface area contributed by atoms with E-state index in [1.807, 2.05) is 6.92 Å². The molecule has 0 spiro atoms. The lowest BCUT2D eigenvalue weighted by Gasteiger charge is -2.14. The van der Waals surface area contributed by atoms with Crippen molar-refractivity contribution in [1.29, 1.82) is 0 Å². The van der Waals surface area contributed by atoms with Crippen LogP contribution in [0, 0.1) is 13.8 Å². The Morgan fingerprint density at radius 1 is 1.17 bits per heavy atom. The van der Waals surface area contributed by atoms with Gasteiger partial charge >= 0.3 is 12.0 Å². The largest absolute Gasteiger partial charge is 0.489 e. The molecular weight excluding hydrogens is 378 g/mol. The third-order valence-corrected chi connectivity index (χ3v) is 3.94. The number of aromatic nitrogens is 1. The third-order valence-electron chi connectivity index (χ3n) is 3.94. The molecule has 0 saturated heterocycles. The van der Waals surface area contributed by atoms with Crippen molar-refractivity contribution in [1.82, 2.24) is 15.8 Å². The van der Waals surface area contributed by atoms with Crippen LogP contribution in [0.3, 0.4) is 0 Å². The van der Waals surface area contributed by atoms with Crippen LogP contribution in [0.15, 0.2) is 28.8 Å². The van der Waals surface area contributed by atoms with Crippen molar-refractivity contribution in [3.63, 3.8) is 0 Å². The van der Waals surface area contributed by atoms with Crippen molar-refractivity contribution in [3.05, 3.63) is 46.8 Å². The van der Waals surface area contributed by atoms with Crippen LogP contribution in [-0.4, -0.2) is 35.2 Å². The van der Waals surface area contributed by atoms with Crippen molar-refractivity contribution in [2.24, 2.45) is 0 Å². The van der Waals surface area contributed by atoms with Gasteiger partial charge in [-0.2, -0.15) is 0 Å². The zero-order valence-electron chi connectivity index (χ0n) is 17.1. The Hall–Kier alpha value is -3.36. The molecule has 2 N–H and O–H groups in total. The maximum Gasteiger partial charge on any atom is 0.339 e. The smallest absolute Gasteiger partial charge is 0.339 e. The maximum atomic E-state index is 12.3. The number of aryl methyl sites for hydroxylation is 2. The van der Waals surface area contributed by atoms with Crippen LogP contribution in [0.4, 0.5) is 4.79 Å². The summed E-state index contributed by atoms with van der Waals surface area (Å²) in [6, 6.07) is 5.61. The van der Waals surface area contributed by atoms with Crippen LogP contribution in [0.5, 0.6) is 5.75 Å². The maximum absolute atomic E-state index is 12.3. The quantitative estimate of drug-likeness (QED) is 0.682. The molecule has 9 heteroatoms. The number of amides is 3. The predicted octanol–water partition coefficient (Wildman–Crippen LogP) is 2.65. The Morgan fingerprint density at radius 2 is 1.90 bits per heavy atom. The summed E-state index contributed by atoms with van der Waals surface area (Å²) in [6.07, 6.45) is -1.15. The molecule has 1 aromatic carbocycles. The lowest BCUT2D eigenvalue weighted by Crippen LogP contribution is -2.46. The highest BCUT2D eigenvalue weighted by molar-refractivity contribution is 5.98. The summed E-state index contributed by atoms with van der Waals surface area (Å²) < 4.78 is 15.9. The fraction of sp³-hybridized carbons (Fsp3) is 0.400. The summed E-state index contributed by atoms with van der Waals surface area (Å²) in [4.78, 5) is 35.9. The van der Waals surface area contributed by atoms with E-state index in [1.165, 1.54) is 13.0 Å². The number of imide groups is 1. The highest BCUT2D eigenvalue weighted by Crippen LogP contribution is 2.19. The average molecular weight is 403 g/mol. The minimum atomic E-state index is -1.15. The predicted molar refractivity (Wildman–Crippen MR) is 103 cm³/mol. The monoisotopic (exact) mass is 403 g/mol. The van der Waals surface area contributed by atoms with Crippen molar-refractivity contribution in [2.75, 3.05) is 0 Å². The molecule has 1 heterocycles. The van der Waals surface area contributed by atoms with Crippen LogP contribution < -0.4 is 15.4 Å². The molecule has 1 atom stereocenters. The SMILES string of the molecule is Cc1noc(C)c1COc1cccc(C(=O)O[C@@H](C)C(=O)NC(=O)NC(C)C)c1. The van der Waals surface area contributed by atoms with Crippen molar-refractivity contribution in [3.8, 4) is 5.75 Å². The van der Waals surface area contributed by atoms with Crippen LogP contribution in [0.25, 0.3) is 0 Å². The molecule has 0 bridgehead atoms. The zero-order chi connectivity index (χ0) is 21.6. The molecule has 156 valence electrons. The minimum absolute atomic E-state index is 0.131. The number of urea groups is 1. The van der Waals surface area contributed by atoms with Crippen LogP contribution in [0.2, 0.25) is 0 Å². The molecule has 29 heavy (non-hydrogen) atoms. The molecule has 0 unspecified atom stereocenters. The number of rotatable bonds is 7. The van der Waals surface area contributed by atoms with Gasteiger partial charge in [-0.15, -0.1) is 0 Å². The number of carbonyl (C=O) groups is 3. The van der Waals surface area contributed by atoms with Crippen molar-refractivity contribution in [2.45, 2.75) is 53.4 Å². The van der Waals surface area contributed by atoms with Gasteiger partial charge < -0.3 is 19.3 Å². The van der Waals surface area contributed by atoms with E-state index in [2.05, 4.69) is 15.8 Å². The highest BCUT2D eigenvalue weighted by atomic mass is 16.5. The molecule has 0 saturated carbocycles. The molecule has 0 fully saturated rings. The van der Waals surface area contributed by atoms with Gasteiger partial charge in [0.25, 0.3) is 5.91 Å². The summed E-state index contributed by atoms with van der Waals surface area (Å²) in [5.74, 6) is -0.311. The summed E-state index contributed by atoms with van der Waals surface area (Å²) in [7, 11) is 0. The topological polar surface area (TPSA) is 120 Å². The number of esters is 1. The molecule has 2 rings (SSSR count). The van der Waals surface area contributed by atoms with E-state index in [0.717, 1.165) is 11.3 Å². The third kappa shape index (κ3) is 6.34. The summed E-state index contributed by atoms with van der Waals surface area (Å²) in [5.41, 5.74) is 1.79. The lowest BCUT2D eigenvalue weighted by atomic mass is 10.2. The fourth-order valence-corrected chi connectivity index (χ4v) is 2.37. The first-order valence-electron chi connectivity index (χ1n) is 9.14. The average Bonchev–Trinajstić information content (AvgIpc) is 2.97. The Morgan fingerprint density at radius 3 is 2.52 bits per heavy atom. The molecule has 1 aromatic heterocycles. The van der Waals surface area contributed by atoms with Gasteiger partial charge in [0.05, 0.1) is 16.8 Å². The van der Waals surface area contributed by atoms with E-state index >= 15 is 0 Å². The van der Waals surface area contributed by atoms with E-state index in [0.29, 0.717) is 11.5 Å². The molecule has 2 aromatic rings. The standard InChI is InChI=1S/C20H25N3O6/c1-11(2)21-20(26)22-18(24)14(5)28-19(25)15-7-6-8-16(9-15)27-10-17-12(3)23-29-13(17)4/h6-9,11,14H,10H2,1-5H3,(H2,21,22,24,26)/t14-/m0/s1. The minimum Gasteiger partial charge on any atom is -0.489 e. The number of hydrogen-bond donors (Lipinski definition) is 2. The van der Waals surface area contributed by atoms with Gasteiger partial charge in [-0.3, -0.25) is 10.1 Å². The molecule has 0 aliphatic heterocycles. The Bertz CT molecular complexity index is 871. The molecular formula is C20H25N3O6. The van der Waals surface area contributed by atoms with Crippen LogP contribution in [0.1, 0.15) is 48.1 Å². The van der Waals surface area contributed by atoms with Gasteiger partial charge in [-0.1, -0.05) is 11.2 Å². The van der Waals surface area contributed by atoms with Crippen molar-refractivity contribution < 1.29 is 28.4 Å². The van der Waals surface area contributed by atoms with Crippen LogP contribution >= 0.6 is 0 Å². The number of nitrogens with one attached hydrogen (secondary N) is 2. The lowest BCUT2D eigenvalue weighted by molar-refractivity contribution is -0.127. The molecule has 0 aliphatic rings. The number of hydrogen-bond acceptors (Lipinski definition) is 7. The molecule has 3 amide bonds. The van der Waals surface area contributed by atoms with Gasteiger partial charge in [0.15, 0.2) is 6.10 Å². The van der Waals surface area contributed by atoms with Gasteiger partial charge in [-0.05, 0) is 52.8 Å². The second kappa shape index (κ2) is 9.72. The number of nitrogens with zero attached hydrogens (tertiary/aromatic N) is 1. The zero-order valence-corrected chi connectivity index (χ0v) is 17.1.